The molecule has 0 bridgehead atoms. The Kier molecular flexibility index (Phi) is 5.04. The standard InChI is InChI=1S/C18H19N5O3S/c1-11-14(27-16(21-11)22-17(25)23-8-7-19-10-23)12-5-6-20-13(9-12)18(2,3)15(24)26-4/h5-10H,1-4H3,(H,21,22,25). The number of pyridine rings is 1. The molecule has 0 atom stereocenters. The number of hydrogen-bond donors (Lipinski definition) is 1. The van der Waals surface area contributed by atoms with Gasteiger partial charge in [0.25, 0.3) is 0 Å². The van der Waals surface area contributed by atoms with E-state index in [1.807, 2.05) is 19.1 Å². The maximum Gasteiger partial charge on any atom is 0.333 e. The van der Waals surface area contributed by atoms with E-state index in [-0.39, 0.29) is 12.0 Å². The van der Waals surface area contributed by atoms with Gasteiger partial charge in [0.1, 0.15) is 11.7 Å². The zero-order chi connectivity index (χ0) is 19.6. The Bertz CT molecular complexity index is 979. The Balaban J connectivity index is 1.89. The fraction of sp³-hybridized carbons (Fsp3) is 0.278. The first-order valence-electron chi connectivity index (χ1n) is 8.15. The number of aromatic nitrogens is 4. The number of esters is 1. The van der Waals surface area contributed by atoms with Crippen LogP contribution in [-0.4, -0.2) is 38.6 Å². The van der Waals surface area contributed by atoms with Gasteiger partial charge >= 0.3 is 12.0 Å². The maximum absolute atomic E-state index is 12.1. The van der Waals surface area contributed by atoms with Crippen LogP contribution in [0, 0.1) is 6.92 Å². The van der Waals surface area contributed by atoms with Gasteiger partial charge in [0.15, 0.2) is 5.13 Å². The zero-order valence-electron chi connectivity index (χ0n) is 15.4. The summed E-state index contributed by atoms with van der Waals surface area (Å²) < 4.78 is 6.21. The summed E-state index contributed by atoms with van der Waals surface area (Å²) in [6.45, 7) is 5.40. The Morgan fingerprint density at radius 2 is 2.07 bits per heavy atom. The number of rotatable bonds is 4. The normalized spacial score (nSPS) is 11.3. The molecule has 0 saturated heterocycles. The SMILES string of the molecule is COC(=O)C(C)(C)c1cc(-c2sc(NC(=O)n3ccnc3)nc2C)ccn1. The van der Waals surface area contributed by atoms with Gasteiger partial charge in [-0.25, -0.2) is 14.8 Å². The van der Waals surface area contributed by atoms with Crippen LogP contribution in [0.1, 0.15) is 25.2 Å². The lowest BCUT2D eigenvalue weighted by molar-refractivity contribution is -0.146. The molecule has 0 saturated carbocycles. The lowest BCUT2D eigenvalue weighted by Gasteiger charge is -2.21. The number of carbonyl (C=O) groups is 2. The minimum atomic E-state index is -0.873. The van der Waals surface area contributed by atoms with Crippen molar-refractivity contribution in [3.05, 3.63) is 48.4 Å². The van der Waals surface area contributed by atoms with Gasteiger partial charge in [-0.3, -0.25) is 19.7 Å². The van der Waals surface area contributed by atoms with E-state index in [0.29, 0.717) is 10.8 Å². The van der Waals surface area contributed by atoms with Crippen LogP contribution in [0.15, 0.2) is 37.1 Å². The Labute approximate surface area is 160 Å². The van der Waals surface area contributed by atoms with Crippen molar-refractivity contribution in [3.63, 3.8) is 0 Å². The molecule has 0 unspecified atom stereocenters. The highest BCUT2D eigenvalue weighted by Gasteiger charge is 2.32. The molecular formula is C18H19N5O3S. The van der Waals surface area contributed by atoms with Crippen molar-refractivity contribution in [2.75, 3.05) is 12.4 Å². The third kappa shape index (κ3) is 3.72. The van der Waals surface area contributed by atoms with Crippen LogP contribution < -0.4 is 5.32 Å². The van der Waals surface area contributed by atoms with Gasteiger partial charge in [0.05, 0.1) is 23.4 Å². The molecule has 1 amide bonds. The summed E-state index contributed by atoms with van der Waals surface area (Å²) in [4.78, 5) is 37.7. The maximum atomic E-state index is 12.1. The molecule has 3 aromatic rings. The topological polar surface area (TPSA) is 99.0 Å². The molecule has 140 valence electrons. The number of hydrogen-bond acceptors (Lipinski definition) is 7. The number of nitrogens with zero attached hydrogens (tertiary/aromatic N) is 4. The Hall–Kier alpha value is -3.07. The van der Waals surface area contributed by atoms with Crippen LogP contribution in [0.5, 0.6) is 0 Å². The number of aryl methyl sites for hydroxylation is 1. The minimum Gasteiger partial charge on any atom is -0.468 e. The number of thiazole rings is 1. The number of ether oxygens (including phenoxy) is 1. The van der Waals surface area contributed by atoms with E-state index in [0.717, 1.165) is 16.1 Å². The molecule has 0 fully saturated rings. The van der Waals surface area contributed by atoms with Crippen molar-refractivity contribution in [2.45, 2.75) is 26.2 Å². The first-order chi connectivity index (χ1) is 12.8. The molecule has 3 heterocycles. The predicted molar refractivity (Wildman–Crippen MR) is 102 cm³/mol. The predicted octanol–water partition coefficient (Wildman–Crippen LogP) is 3.24. The van der Waals surface area contributed by atoms with Gasteiger partial charge < -0.3 is 4.74 Å². The van der Waals surface area contributed by atoms with Crippen molar-refractivity contribution in [1.29, 1.82) is 0 Å². The highest BCUT2D eigenvalue weighted by atomic mass is 32.1. The summed E-state index contributed by atoms with van der Waals surface area (Å²) in [6.07, 6.45) is 6.15. The third-order valence-electron chi connectivity index (χ3n) is 4.11. The van der Waals surface area contributed by atoms with Crippen LogP contribution in [0.4, 0.5) is 9.93 Å². The van der Waals surface area contributed by atoms with Crippen molar-refractivity contribution in [1.82, 2.24) is 19.5 Å². The average Bonchev–Trinajstić information content (AvgIpc) is 3.31. The largest absolute Gasteiger partial charge is 0.468 e. The van der Waals surface area contributed by atoms with E-state index in [1.165, 1.54) is 35.5 Å². The molecule has 3 aromatic heterocycles. The fourth-order valence-corrected chi connectivity index (χ4v) is 3.48. The van der Waals surface area contributed by atoms with Gasteiger partial charge in [0.2, 0.25) is 0 Å². The summed E-state index contributed by atoms with van der Waals surface area (Å²) in [7, 11) is 1.36. The summed E-state index contributed by atoms with van der Waals surface area (Å²) in [5, 5.41) is 3.23. The molecule has 0 aliphatic heterocycles. The molecule has 3 rings (SSSR count). The van der Waals surface area contributed by atoms with Crippen molar-refractivity contribution < 1.29 is 14.3 Å². The molecule has 9 heteroatoms. The Morgan fingerprint density at radius 3 is 2.74 bits per heavy atom. The summed E-state index contributed by atoms with van der Waals surface area (Å²) in [5.74, 6) is -0.360. The third-order valence-corrected chi connectivity index (χ3v) is 5.23. The number of carbonyl (C=O) groups excluding carboxylic acids is 2. The molecule has 0 aromatic carbocycles. The number of amides is 1. The number of nitrogens with one attached hydrogen (secondary N) is 1. The Morgan fingerprint density at radius 1 is 1.30 bits per heavy atom. The van der Waals surface area contributed by atoms with Crippen LogP contribution in [0.25, 0.3) is 10.4 Å². The summed E-state index contributed by atoms with van der Waals surface area (Å²) in [5.41, 5.74) is 1.37. The fourth-order valence-electron chi connectivity index (χ4n) is 2.53. The number of methoxy groups -OCH3 is 1. The van der Waals surface area contributed by atoms with Gasteiger partial charge in [-0.15, -0.1) is 0 Å². The van der Waals surface area contributed by atoms with Crippen LogP contribution in [0.2, 0.25) is 0 Å². The lowest BCUT2D eigenvalue weighted by atomic mass is 9.88. The van der Waals surface area contributed by atoms with E-state index in [2.05, 4.69) is 20.3 Å². The summed E-state index contributed by atoms with van der Waals surface area (Å²) in [6, 6.07) is 3.35. The van der Waals surface area contributed by atoms with Gasteiger partial charge in [-0.05, 0) is 38.5 Å². The quantitative estimate of drug-likeness (QED) is 0.692. The average molecular weight is 385 g/mol. The molecule has 0 aliphatic rings. The smallest absolute Gasteiger partial charge is 0.333 e. The van der Waals surface area contributed by atoms with E-state index in [4.69, 9.17) is 4.74 Å². The zero-order valence-corrected chi connectivity index (χ0v) is 16.2. The molecule has 1 N–H and O–H groups in total. The second-order valence-electron chi connectivity index (χ2n) is 6.38. The van der Waals surface area contributed by atoms with E-state index in [9.17, 15) is 9.59 Å². The van der Waals surface area contributed by atoms with Crippen molar-refractivity contribution in [2.24, 2.45) is 0 Å². The van der Waals surface area contributed by atoms with Gasteiger partial charge in [-0.1, -0.05) is 11.3 Å². The van der Waals surface area contributed by atoms with E-state index >= 15 is 0 Å². The molecule has 8 nitrogen and oxygen atoms in total. The first kappa shape index (κ1) is 18.7. The van der Waals surface area contributed by atoms with Gasteiger partial charge in [0, 0.05) is 18.6 Å². The lowest BCUT2D eigenvalue weighted by Crippen LogP contribution is -2.31. The highest BCUT2D eigenvalue weighted by Crippen LogP contribution is 2.34. The van der Waals surface area contributed by atoms with Crippen molar-refractivity contribution in [3.8, 4) is 10.4 Å². The van der Waals surface area contributed by atoms with Crippen LogP contribution in [-0.2, 0) is 14.9 Å². The van der Waals surface area contributed by atoms with Crippen LogP contribution in [0.3, 0.4) is 0 Å². The monoisotopic (exact) mass is 385 g/mol. The second kappa shape index (κ2) is 7.28. The molecule has 0 radical (unpaired) electrons. The van der Waals surface area contributed by atoms with Crippen LogP contribution >= 0.6 is 11.3 Å². The number of imidazole rings is 1. The molecule has 0 spiro atoms. The van der Waals surface area contributed by atoms with Gasteiger partial charge in [-0.2, -0.15) is 0 Å². The number of anilines is 1. The minimum absolute atomic E-state index is 0.338. The molecule has 0 aliphatic carbocycles. The van der Waals surface area contributed by atoms with E-state index < -0.39 is 5.41 Å². The summed E-state index contributed by atoms with van der Waals surface area (Å²) >= 11 is 1.35. The highest BCUT2D eigenvalue weighted by molar-refractivity contribution is 7.19. The molecule has 27 heavy (non-hydrogen) atoms. The molecular weight excluding hydrogens is 366 g/mol. The van der Waals surface area contributed by atoms with Crippen molar-refractivity contribution >= 4 is 28.5 Å². The van der Waals surface area contributed by atoms with E-state index in [1.54, 1.807) is 26.2 Å². The first-order valence-corrected chi connectivity index (χ1v) is 8.96. The second-order valence-corrected chi connectivity index (χ2v) is 7.38.